The van der Waals surface area contributed by atoms with Gasteiger partial charge >= 0.3 is 12.2 Å². The fraction of sp³-hybridized carbons (Fsp3) is 0.510. The van der Waals surface area contributed by atoms with Gasteiger partial charge in [0.2, 0.25) is 11.8 Å². The van der Waals surface area contributed by atoms with Crippen molar-refractivity contribution in [1.29, 1.82) is 0 Å². The number of carbonyl (C=O) groups is 4. The molecule has 2 aromatic carbocycles. The Labute approximate surface area is 404 Å². The SMILES string of the molecule is C=NC(=C1/C(=C(\C)c2ccc3c(c2)S(=O)(=O)N=C([C@@H]2CCCN2C(=O)[C@@H](NC(=O)OC)C(C)C)N3)CCC12CCCC2)c1ccc(-c2cnc([C@@H]3CCCN3C(=O)[C@@H](NC(=O)OC)C(C)C)[nH]2)cc1. The lowest BCUT2D eigenvalue weighted by Gasteiger charge is -2.32. The molecule has 3 aromatic rings. The number of alkyl carbamates (subject to hydrolysis) is 2. The quantitative estimate of drug-likeness (QED) is 0.128. The minimum Gasteiger partial charge on any atom is -0.453 e. The van der Waals surface area contributed by atoms with Gasteiger partial charge in [0.05, 0.1) is 49.6 Å². The number of H-pyrrole nitrogens is 1. The van der Waals surface area contributed by atoms with Gasteiger partial charge in [-0.25, -0.2) is 14.6 Å². The summed E-state index contributed by atoms with van der Waals surface area (Å²) >= 11 is 0. The first-order valence-corrected chi connectivity index (χ1v) is 25.6. The average molecular weight is 964 g/mol. The van der Waals surface area contributed by atoms with E-state index in [1.165, 1.54) is 19.8 Å². The van der Waals surface area contributed by atoms with Crippen LogP contribution in [0.4, 0.5) is 15.3 Å². The molecule has 17 nitrogen and oxygen atoms in total. The molecule has 1 aromatic heterocycles. The molecule has 4 atom stereocenters. The van der Waals surface area contributed by atoms with Crippen molar-refractivity contribution in [1.82, 2.24) is 30.4 Å². The Balaban J connectivity index is 1.06. The zero-order valence-corrected chi connectivity index (χ0v) is 41.5. The first-order chi connectivity index (χ1) is 33.0. The molecular formula is C51H65N9O8S. The number of carbonyl (C=O) groups excluding carboxylic acids is 4. The van der Waals surface area contributed by atoms with E-state index in [-0.39, 0.29) is 45.8 Å². The number of imidazole rings is 1. The summed E-state index contributed by atoms with van der Waals surface area (Å²) in [5.74, 6) is 0.00285. The number of sulfonamides is 1. The molecular weight excluding hydrogens is 899 g/mol. The molecule has 4 amide bonds. The van der Waals surface area contributed by atoms with E-state index in [0.717, 1.165) is 90.6 Å². The number of amidine groups is 1. The zero-order valence-electron chi connectivity index (χ0n) is 40.7. The molecule has 2 saturated carbocycles. The normalized spacial score (nSPS) is 22.7. The number of hydrogen-bond donors (Lipinski definition) is 4. The highest BCUT2D eigenvalue weighted by Gasteiger charge is 2.46. The molecule has 18 heteroatoms. The summed E-state index contributed by atoms with van der Waals surface area (Å²) in [4.78, 5) is 68.2. The Morgan fingerprint density at radius 1 is 0.826 bits per heavy atom. The molecule has 69 heavy (non-hydrogen) atoms. The molecule has 0 unspecified atom stereocenters. The number of ether oxygens (including phenoxy) is 2. The van der Waals surface area contributed by atoms with Gasteiger partial charge in [-0.1, -0.05) is 70.9 Å². The zero-order chi connectivity index (χ0) is 49.4. The van der Waals surface area contributed by atoms with Crippen molar-refractivity contribution in [2.75, 3.05) is 32.6 Å². The van der Waals surface area contributed by atoms with E-state index in [4.69, 9.17) is 19.5 Å². The van der Waals surface area contributed by atoms with E-state index in [2.05, 4.69) is 51.1 Å². The molecule has 2 saturated heterocycles. The van der Waals surface area contributed by atoms with Crippen molar-refractivity contribution in [3.63, 3.8) is 0 Å². The summed E-state index contributed by atoms with van der Waals surface area (Å²) in [7, 11) is -1.65. The second-order valence-electron chi connectivity index (χ2n) is 19.6. The molecule has 8 rings (SSSR count). The smallest absolute Gasteiger partial charge is 0.407 e. The lowest BCUT2D eigenvalue weighted by molar-refractivity contribution is -0.135. The van der Waals surface area contributed by atoms with E-state index in [1.54, 1.807) is 28.1 Å². The summed E-state index contributed by atoms with van der Waals surface area (Å²) in [6.07, 6.45) is 9.20. The van der Waals surface area contributed by atoms with Crippen LogP contribution in [0.25, 0.3) is 22.5 Å². The van der Waals surface area contributed by atoms with Crippen LogP contribution < -0.4 is 16.0 Å². The first kappa shape index (κ1) is 49.1. The lowest BCUT2D eigenvalue weighted by Crippen LogP contribution is -2.54. The number of amides is 4. The standard InChI is InChI=1S/C51H65N9O8S/c1-29(2)42(56-49(63)67-7)47(61)59-25-11-13-38(59)45-53-28-37(55-45)32-15-17-33(18-16-32)44(52-6)41-35(21-24-51(41)22-9-10-23-51)31(5)34-19-20-36-40(27-34)69(65,66)58-46(54-36)39-14-12-26-60(39)48(62)43(30(3)4)57-50(64)68-8/h15-20,27-30,38-39,42-43H,6,9-14,21-26H2,1-5,7-8H3,(H,53,55)(H,54,58)(H,56,63)(H,57,64)/b35-31+,44-41?/t38-,39-,42-,43-/m0/s1. The van der Waals surface area contributed by atoms with Crippen LogP contribution in [0.15, 0.2) is 74.1 Å². The lowest BCUT2D eigenvalue weighted by atomic mass is 9.77. The number of aromatic nitrogens is 2. The Hall–Kier alpha value is -6.30. The molecule has 0 bridgehead atoms. The van der Waals surface area contributed by atoms with Crippen LogP contribution in [-0.2, 0) is 29.1 Å². The largest absolute Gasteiger partial charge is 0.453 e. The second kappa shape index (κ2) is 20.0. The average Bonchev–Trinajstić information content (AvgIpc) is 4.21. The minimum absolute atomic E-state index is 0.0632. The summed E-state index contributed by atoms with van der Waals surface area (Å²) in [6.45, 7) is 14.6. The van der Waals surface area contributed by atoms with Crippen LogP contribution in [-0.4, -0.2) is 110 Å². The molecule has 4 N–H and O–H groups in total. The topological polar surface area (TPSA) is 217 Å². The maximum atomic E-state index is 14.1. The number of nitrogens with zero attached hydrogens (tertiary/aromatic N) is 5. The number of nitrogens with one attached hydrogen (secondary N) is 4. The van der Waals surface area contributed by atoms with Gasteiger partial charge in [-0.3, -0.25) is 14.6 Å². The van der Waals surface area contributed by atoms with Crippen molar-refractivity contribution in [3.8, 4) is 11.3 Å². The van der Waals surface area contributed by atoms with E-state index in [0.29, 0.717) is 37.4 Å². The number of aliphatic imine (C=N–C) groups is 1. The van der Waals surface area contributed by atoms with Crippen molar-refractivity contribution < 1.29 is 37.1 Å². The van der Waals surface area contributed by atoms with Gasteiger partial charge in [-0.2, -0.15) is 8.42 Å². The number of rotatable bonds is 12. The predicted octanol–water partition coefficient (Wildman–Crippen LogP) is 8.24. The highest BCUT2D eigenvalue weighted by molar-refractivity contribution is 7.90. The van der Waals surface area contributed by atoms with Crippen molar-refractivity contribution in [2.24, 2.45) is 26.6 Å². The number of benzene rings is 2. The number of likely N-dealkylation sites (tertiary alicyclic amines) is 2. The number of aromatic amines is 1. The second-order valence-corrected chi connectivity index (χ2v) is 21.2. The van der Waals surface area contributed by atoms with Gasteiger partial charge in [0.1, 0.15) is 28.6 Å². The van der Waals surface area contributed by atoms with Crippen molar-refractivity contribution in [3.05, 3.63) is 76.8 Å². The van der Waals surface area contributed by atoms with Crippen molar-refractivity contribution in [2.45, 2.75) is 128 Å². The highest BCUT2D eigenvalue weighted by Crippen LogP contribution is 2.59. The van der Waals surface area contributed by atoms with E-state index in [1.807, 2.05) is 45.9 Å². The van der Waals surface area contributed by atoms with Crippen molar-refractivity contribution >= 4 is 63.5 Å². The summed E-state index contributed by atoms with van der Waals surface area (Å²) in [5, 5.41) is 8.60. The third kappa shape index (κ3) is 9.56. The van der Waals surface area contributed by atoms with Gasteiger partial charge in [-0.15, -0.1) is 4.40 Å². The van der Waals surface area contributed by atoms with Gasteiger partial charge in [-0.05, 0) is 122 Å². The number of anilines is 1. The summed E-state index contributed by atoms with van der Waals surface area (Å²) in [6, 6.07) is 11.2. The molecule has 0 radical (unpaired) electrons. The van der Waals surface area contributed by atoms with Gasteiger partial charge in [0.25, 0.3) is 10.0 Å². The van der Waals surface area contributed by atoms with Gasteiger partial charge < -0.3 is 40.2 Å². The van der Waals surface area contributed by atoms with E-state index >= 15 is 0 Å². The highest BCUT2D eigenvalue weighted by atomic mass is 32.2. The van der Waals surface area contributed by atoms with Crippen LogP contribution in [0.5, 0.6) is 0 Å². The van der Waals surface area contributed by atoms with Crippen LogP contribution in [0.1, 0.15) is 122 Å². The van der Waals surface area contributed by atoms with Gasteiger partial charge in [0.15, 0.2) is 0 Å². The third-order valence-electron chi connectivity index (χ3n) is 14.8. The maximum Gasteiger partial charge on any atom is 0.407 e. The Bertz CT molecular complexity index is 2720. The molecule has 368 valence electrons. The number of hydrogen-bond acceptors (Lipinski definition) is 11. The van der Waals surface area contributed by atoms with Crippen LogP contribution >= 0.6 is 0 Å². The van der Waals surface area contributed by atoms with E-state index in [9.17, 15) is 27.6 Å². The molecule has 5 aliphatic rings. The number of allylic oxidation sites excluding steroid dienone is 3. The first-order valence-electron chi connectivity index (χ1n) is 24.1. The summed E-state index contributed by atoms with van der Waals surface area (Å²) < 4.78 is 42.0. The molecule has 1 spiro atoms. The Morgan fingerprint density at radius 3 is 1.99 bits per heavy atom. The van der Waals surface area contributed by atoms with Crippen LogP contribution in [0.2, 0.25) is 0 Å². The third-order valence-corrected chi connectivity index (χ3v) is 16.1. The Kier molecular flexibility index (Phi) is 14.2. The van der Waals surface area contributed by atoms with Crippen LogP contribution in [0.3, 0.4) is 0 Å². The molecule has 2 aliphatic carbocycles. The molecule has 4 fully saturated rings. The molecule has 3 aliphatic heterocycles. The Morgan fingerprint density at radius 2 is 1.41 bits per heavy atom. The maximum absolute atomic E-state index is 14.1. The predicted molar refractivity (Wildman–Crippen MR) is 265 cm³/mol. The van der Waals surface area contributed by atoms with Gasteiger partial charge in [0, 0.05) is 18.7 Å². The molecule has 4 heterocycles. The summed E-state index contributed by atoms with van der Waals surface area (Å²) in [5.41, 5.74) is 7.83. The van der Waals surface area contributed by atoms with Crippen LogP contribution in [0, 0.1) is 17.3 Å². The fourth-order valence-corrected chi connectivity index (χ4v) is 12.3. The van der Waals surface area contributed by atoms with E-state index < -0.39 is 40.3 Å². The fourth-order valence-electron chi connectivity index (χ4n) is 11.1. The number of fused-ring (bicyclic) bond motifs is 1. The monoisotopic (exact) mass is 963 g/mol. The number of methoxy groups -OCH3 is 2. The minimum atomic E-state index is -4.17.